The average Bonchev–Trinajstić information content (AvgIpc) is 2.94. The number of nitrogens with one attached hydrogen (secondary N) is 2. The van der Waals surface area contributed by atoms with E-state index in [9.17, 15) is 9.59 Å². The molecule has 0 aliphatic carbocycles. The summed E-state index contributed by atoms with van der Waals surface area (Å²) in [7, 11) is 0. The van der Waals surface area contributed by atoms with Gasteiger partial charge in [-0.1, -0.05) is 37.7 Å². The van der Waals surface area contributed by atoms with E-state index in [1.807, 2.05) is 13.8 Å². The van der Waals surface area contributed by atoms with E-state index in [0.29, 0.717) is 5.16 Å². The van der Waals surface area contributed by atoms with Gasteiger partial charge in [-0.3, -0.25) is 9.89 Å². The molecule has 2 aromatic rings. The van der Waals surface area contributed by atoms with Crippen LogP contribution in [0, 0.1) is 0 Å². The maximum Gasteiger partial charge on any atom is 0.337 e. The van der Waals surface area contributed by atoms with Crippen molar-refractivity contribution in [3.05, 3.63) is 35.7 Å². The topological polar surface area (TPSA) is 108 Å². The minimum absolute atomic E-state index is 0.0563. The summed E-state index contributed by atoms with van der Waals surface area (Å²) in [6, 6.07) is 6.26. The molecule has 1 aromatic carbocycles. The Morgan fingerprint density at radius 1 is 1.36 bits per heavy atom. The molecule has 116 valence electrons. The summed E-state index contributed by atoms with van der Waals surface area (Å²) >= 11 is 1.19. The number of anilines is 1. The lowest BCUT2D eigenvalue weighted by atomic mass is 10.2. The number of nitrogens with zero attached hydrogens (tertiary/aromatic N) is 2. The van der Waals surface area contributed by atoms with Crippen molar-refractivity contribution in [2.24, 2.45) is 0 Å². The van der Waals surface area contributed by atoms with E-state index in [4.69, 9.17) is 5.11 Å². The Kier molecular flexibility index (Phi) is 5.16. The maximum atomic E-state index is 11.9. The molecule has 0 fully saturated rings. The number of H-pyrrole nitrogens is 1. The number of aromatic amines is 1. The quantitative estimate of drug-likeness (QED) is 0.705. The van der Waals surface area contributed by atoms with Crippen LogP contribution in [0.3, 0.4) is 0 Å². The number of hydrogen-bond acceptors (Lipinski definition) is 5. The molecule has 0 aliphatic heterocycles. The highest BCUT2D eigenvalue weighted by Gasteiger charge is 2.13. The van der Waals surface area contributed by atoms with Gasteiger partial charge in [0.15, 0.2) is 0 Å². The minimum atomic E-state index is -1.08. The summed E-state index contributed by atoms with van der Waals surface area (Å²) in [4.78, 5) is 27.2. The smallest absolute Gasteiger partial charge is 0.337 e. The summed E-state index contributed by atoms with van der Waals surface area (Å²) in [6.45, 7) is 3.98. The fraction of sp³-hybridized carbons (Fsp3) is 0.286. The van der Waals surface area contributed by atoms with E-state index < -0.39 is 5.97 Å². The van der Waals surface area contributed by atoms with E-state index >= 15 is 0 Å². The standard InChI is InChI=1S/C14H16N4O3S/c1-8(2)12-16-14(18-17-12)22-7-11(19)15-10-6-4-3-5-9(10)13(20)21/h3-6,8H,7H2,1-2H3,(H,15,19)(H,20,21)(H,16,17,18). The SMILES string of the molecule is CC(C)c1nc(SCC(=O)Nc2ccccc2C(=O)O)n[nH]1. The van der Waals surface area contributed by atoms with Crippen LogP contribution >= 0.6 is 11.8 Å². The van der Waals surface area contributed by atoms with Gasteiger partial charge in [-0.25, -0.2) is 9.78 Å². The molecule has 1 heterocycles. The van der Waals surface area contributed by atoms with Gasteiger partial charge < -0.3 is 10.4 Å². The molecule has 0 unspecified atom stereocenters. The van der Waals surface area contributed by atoms with Crippen LogP contribution in [0.1, 0.15) is 35.9 Å². The highest BCUT2D eigenvalue weighted by molar-refractivity contribution is 7.99. The molecule has 3 N–H and O–H groups in total. The third-order valence-corrected chi connectivity index (χ3v) is 3.64. The molecular formula is C14H16N4O3S. The van der Waals surface area contributed by atoms with Crippen LogP contribution in [0.25, 0.3) is 0 Å². The van der Waals surface area contributed by atoms with E-state index in [0.717, 1.165) is 5.82 Å². The summed E-state index contributed by atoms with van der Waals surface area (Å²) in [5.41, 5.74) is 0.333. The van der Waals surface area contributed by atoms with Crippen molar-refractivity contribution in [3.8, 4) is 0 Å². The van der Waals surface area contributed by atoms with Gasteiger partial charge in [0.2, 0.25) is 11.1 Å². The predicted molar refractivity (Wildman–Crippen MR) is 83.2 cm³/mol. The first kappa shape index (κ1) is 16.0. The molecule has 1 aromatic heterocycles. The van der Waals surface area contributed by atoms with Crippen molar-refractivity contribution in [2.75, 3.05) is 11.1 Å². The summed E-state index contributed by atoms with van der Waals surface area (Å²) < 4.78 is 0. The summed E-state index contributed by atoms with van der Waals surface area (Å²) in [5.74, 6) is -0.297. The predicted octanol–water partition coefficient (Wildman–Crippen LogP) is 2.36. The molecule has 22 heavy (non-hydrogen) atoms. The third kappa shape index (κ3) is 4.08. The molecule has 0 spiro atoms. The van der Waals surface area contributed by atoms with Crippen molar-refractivity contribution >= 4 is 29.3 Å². The zero-order valence-corrected chi connectivity index (χ0v) is 13.0. The van der Waals surface area contributed by atoms with E-state index in [1.54, 1.807) is 18.2 Å². The first-order chi connectivity index (χ1) is 10.5. The molecule has 1 amide bonds. The van der Waals surface area contributed by atoms with E-state index in [2.05, 4.69) is 20.5 Å². The number of aromatic nitrogens is 3. The van der Waals surface area contributed by atoms with Crippen molar-refractivity contribution in [1.29, 1.82) is 0 Å². The fourth-order valence-electron chi connectivity index (χ4n) is 1.68. The normalized spacial score (nSPS) is 10.7. The van der Waals surface area contributed by atoms with Crippen LogP contribution in [-0.4, -0.2) is 37.9 Å². The maximum absolute atomic E-state index is 11.9. The van der Waals surface area contributed by atoms with Crippen molar-refractivity contribution in [1.82, 2.24) is 15.2 Å². The molecule has 0 aliphatic rings. The van der Waals surface area contributed by atoms with Gasteiger partial charge in [-0.05, 0) is 12.1 Å². The highest BCUT2D eigenvalue weighted by Crippen LogP contribution is 2.18. The van der Waals surface area contributed by atoms with Crippen LogP contribution in [-0.2, 0) is 4.79 Å². The number of amides is 1. The molecule has 2 rings (SSSR count). The Balaban J connectivity index is 1.94. The molecule has 8 heteroatoms. The number of carboxylic acids is 1. The van der Waals surface area contributed by atoms with Crippen molar-refractivity contribution in [3.63, 3.8) is 0 Å². The van der Waals surface area contributed by atoms with Crippen LogP contribution in [0.4, 0.5) is 5.69 Å². The van der Waals surface area contributed by atoms with Crippen LogP contribution < -0.4 is 5.32 Å². The number of aromatic carboxylic acids is 1. The van der Waals surface area contributed by atoms with Gasteiger partial charge in [0, 0.05) is 5.92 Å². The van der Waals surface area contributed by atoms with Crippen molar-refractivity contribution in [2.45, 2.75) is 24.9 Å². The first-order valence-corrected chi connectivity index (χ1v) is 7.63. The second kappa shape index (κ2) is 7.08. The zero-order chi connectivity index (χ0) is 16.1. The Hall–Kier alpha value is -2.35. The van der Waals surface area contributed by atoms with Gasteiger partial charge in [-0.15, -0.1) is 5.10 Å². The average molecular weight is 320 g/mol. The summed E-state index contributed by atoms with van der Waals surface area (Å²) in [5, 5.41) is 19.0. The molecule has 0 saturated heterocycles. The largest absolute Gasteiger partial charge is 0.478 e. The van der Waals surface area contributed by atoms with Crippen molar-refractivity contribution < 1.29 is 14.7 Å². The second-order valence-corrected chi connectivity index (χ2v) is 5.79. The van der Waals surface area contributed by atoms with Gasteiger partial charge in [0.25, 0.3) is 0 Å². The number of hydrogen-bond donors (Lipinski definition) is 3. The molecule has 0 radical (unpaired) electrons. The third-order valence-electron chi connectivity index (χ3n) is 2.79. The van der Waals surface area contributed by atoms with Gasteiger partial charge in [0.1, 0.15) is 5.82 Å². The molecule has 0 atom stereocenters. The van der Waals surface area contributed by atoms with E-state index in [-0.39, 0.29) is 28.8 Å². The summed E-state index contributed by atoms with van der Waals surface area (Å²) in [6.07, 6.45) is 0. The number of para-hydroxylation sites is 1. The lowest BCUT2D eigenvalue weighted by Crippen LogP contribution is -2.16. The number of carboxylic acid groups (broad SMARTS) is 1. The molecule has 7 nitrogen and oxygen atoms in total. The lowest BCUT2D eigenvalue weighted by molar-refractivity contribution is -0.113. The second-order valence-electron chi connectivity index (χ2n) is 4.85. The number of benzene rings is 1. The number of carbonyl (C=O) groups is 2. The minimum Gasteiger partial charge on any atom is -0.478 e. The Morgan fingerprint density at radius 3 is 2.73 bits per heavy atom. The fourth-order valence-corrected chi connectivity index (χ4v) is 2.28. The Bertz CT molecular complexity index is 684. The van der Waals surface area contributed by atoms with Gasteiger partial charge in [0.05, 0.1) is 17.0 Å². The van der Waals surface area contributed by atoms with E-state index in [1.165, 1.54) is 17.8 Å². The Labute approximate surface area is 131 Å². The molecule has 0 saturated carbocycles. The number of carbonyl (C=O) groups excluding carboxylic acids is 1. The Morgan fingerprint density at radius 2 is 2.09 bits per heavy atom. The van der Waals surface area contributed by atoms with Crippen LogP contribution in [0.15, 0.2) is 29.4 Å². The van der Waals surface area contributed by atoms with Gasteiger partial charge >= 0.3 is 5.97 Å². The highest BCUT2D eigenvalue weighted by atomic mass is 32.2. The first-order valence-electron chi connectivity index (χ1n) is 6.64. The monoisotopic (exact) mass is 320 g/mol. The zero-order valence-electron chi connectivity index (χ0n) is 12.2. The van der Waals surface area contributed by atoms with Crippen LogP contribution in [0.2, 0.25) is 0 Å². The van der Waals surface area contributed by atoms with Crippen LogP contribution in [0.5, 0.6) is 0 Å². The molecular weight excluding hydrogens is 304 g/mol. The number of thioether (sulfide) groups is 1. The lowest BCUT2D eigenvalue weighted by Gasteiger charge is -2.07. The number of rotatable bonds is 6. The molecule has 0 bridgehead atoms. The van der Waals surface area contributed by atoms with Gasteiger partial charge in [-0.2, -0.15) is 0 Å².